The van der Waals surface area contributed by atoms with Crippen molar-refractivity contribution in [2.24, 2.45) is 5.92 Å². The number of hydrogen-bond acceptors (Lipinski definition) is 3. The van der Waals surface area contributed by atoms with E-state index in [0.29, 0.717) is 12.5 Å². The fourth-order valence-corrected chi connectivity index (χ4v) is 3.12. The van der Waals surface area contributed by atoms with Crippen molar-refractivity contribution in [3.8, 4) is 5.82 Å². The third-order valence-electron chi connectivity index (χ3n) is 4.59. The number of aromatic nitrogens is 3. The monoisotopic (exact) mass is 347 g/mol. The summed E-state index contributed by atoms with van der Waals surface area (Å²) in [5.74, 6) is 1.30. The minimum absolute atomic E-state index is 0.0678. The first kappa shape index (κ1) is 16.3. The van der Waals surface area contributed by atoms with E-state index >= 15 is 0 Å². The van der Waals surface area contributed by atoms with Gasteiger partial charge in [-0.2, -0.15) is 0 Å². The number of benzene rings is 1. The number of imidazole rings is 1. The van der Waals surface area contributed by atoms with Crippen molar-refractivity contribution in [3.05, 3.63) is 78.5 Å². The zero-order valence-corrected chi connectivity index (χ0v) is 14.4. The molecule has 1 fully saturated rings. The summed E-state index contributed by atoms with van der Waals surface area (Å²) in [5, 5.41) is 6.09. The number of carbonyl (C=O) groups is 1. The van der Waals surface area contributed by atoms with Gasteiger partial charge in [0.05, 0.1) is 6.04 Å². The van der Waals surface area contributed by atoms with Gasteiger partial charge in [-0.1, -0.05) is 36.4 Å². The van der Waals surface area contributed by atoms with Gasteiger partial charge in [-0.05, 0) is 30.4 Å². The Kier molecular flexibility index (Phi) is 4.64. The van der Waals surface area contributed by atoms with Crippen molar-refractivity contribution in [1.29, 1.82) is 0 Å². The van der Waals surface area contributed by atoms with Crippen LogP contribution in [0.5, 0.6) is 0 Å². The van der Waals surface area contributed by atoms with Crippen LogP contribution < -0.4 is 10.6 Å². The topological polar surface area (TPSA) is 71.8 Å². The van der Waals surface area contributed by atoms with Crippen molar-refractivity contribution in [1.82, 2.24) is 25.2 Å². The zero-order chi connectivity index (χ0) is 17.8. The summed E-state index contributed by atoms with van der Waals surface area (Å²) in [7, 11) is 0. The maximum atomic E-state index is 12.5. The van der Waals surface area contributed by atoms with Crippen LogP contribution in [0.1, 0.15) is 30.0 Å². The van der Waals surface area contributed by atoms with E-state index in [1.165, 1.54) is 0 Å². The average Bonchev–Trinajstić information content (AvgIpc) is 3.38. The molecule has 6 nitrogen and oxygen atoms in total. The van der Waals surface area contributed by atoms with E-state index in [9.17, 15) is 4.79 Å². The molecule has 0 unspecified atom stereocenters. The average molecular weight is 347 g/mol. The normalized spacial score (nSPS) is 14.6. The Hall–Kier alpha value is -3.15. The van der Waals surface area contributed by atoms with Crippen molar-refractivity contribution >= 4 is 6.03 Å². The molecule has 0 bridgehead atoms. The van der Waals surface area contributed by atoms with Gasteiger partial charge in [-0.25, -0.2) is 14.8 Å². The van der Waals surface area contributed by atoms with Gasteiger partial charge in [0, 0.05) is 30.7 Å². The molecular weight excluding hydrogens is 326 g/mol. The highest BCUT2D eigenvalue weighted by Gasteiger charge is 2.33. The summed E-state index contributed by atoms with van der Waals surface area (Å²) in [5.41, 5.74) is 2.09. The Morgan fingerprint density at radius 2 is 2.00 bits per heavy atom. The van der Waals surface area contributed by atoms with E-state index in [1.54, 1.807) is 18.7 Å². The van der Waals surface area contributed by atoms with Crippen molar-refractivity contribution in [2.75, 3.05) is 0 Å². The van der Waals surface area contributed by atoms with Crippen LogP contribution in [0.4, 0.5) is 4.79 Å². The number of nitrogens with zero attached hydrogens (tertiary/aromatic N) is 3. The number of amides is 2. The summed E-state index contributed by atoms with van der Waals surface area (Å²) in [4.78, 5) is 20.9. The third kappa shape index (κ3) is 3.74. The smallest absolute Gasteiger partial charge is 0.315 e. The molecule has 26 heavy (non-hydrogen) atoms. The van der Waals surface area contributed by atoms with Crippen LogP contribution in [0.2, 0.25) is 0 Å². The molecule has 3 aromatic rings. The quantitative estimate of drug-likeness (QED) is 0.719. The molecule has 6 heteroatoms. The lowest BCUT2D eigenvalue weighted by Crippen LogP contribution is -2.38. The molecule has 132 valence electrons. The Balaban J connectivity index is 1.42. The number of hydrogen-bond donors (Lipinski definition) is 2. The predicted octanol–water partition coefficient (Wildman–Crippen LogP) is 3.22. The summed E-state index contributed by atoms with van der Waals surface area (Å²) in [6.07, 6.45) is 9.30. The largest absolute Gasteiger partial charge is 0.334 e. The zero-order valence-electron chi connectivity index (χ0n) is 14.4. The second-order valence-electron chi connectivity index (χ2n) is 6.51. The molecule has 2 heterocycles. The lowest BCUT2D eigenvalue weighted by molar-refractivity contribution is 0.235. The van der Waals surface area contributed by atoms with Crippen LogP contribution in [-0.2, 0) is 6.54 Å². The van der Waals surface area contributed by atoms with Gasteiger partial charge in [0.15, 0.2) is 0 Å². The minimum atomic E-state index is -0.161. The predicted molar refractivity (Wildman–Crippen MR) is 98.6 cm³/mol. The molecule has 2 amide bonds. The Labute approximate surface area is 152 Å². The first-order valence-electron chi connectivity index (χ1n) is 8.83. The minimum Gasteiger partial charge on any atom is -0.334 e. The van der Waals surface area contributed by atoms with E-state index in [1.807, 2.05) is 41.1 Å². The molecule has 4 rings (SSSR count). The van der Waals surface area contributed by atoms with Gasteiger partial charge in [0.25, 0.3) is 0 Å². The van der Waals surface area contributed by atoms with Gasteiger partial charge >= 0.3 is 6.03 Å². The highest BCUT2D eigenvalue weighted by Crippen LogP contribution is 2.40. The molecule has 0 radical (unpaired) electrons. The van der Waals surface area contributed by atoms with Gasteiger partial charge in [0.1, 0.15) is 12.1 Å². The van der Waals surface area contributed by atoms with E-state index in [0.717, 1.165) is 29.8 Å². The van der Waals surface area contributed by atoms with Crippen molar-refractivity contribution in [3.63, 3.8) is 0 Å². The summed E-state index contributed by atoms with van der Waals surface area (Å²) in [6, 6.07) is 13.9. The summed E-state index contributed by atoms with van der Waals surface area (Å²) in [6.45, 7) is 0.402. The maximum absolute atomic E-state index is 12.5. The highest BCUT2D eigenvalue weighted by atomic mass is 16.2. The number of nitrogens with one attached hydrogen (secondary N) is 2. The molecule has 1 aliphatic carbocycles. The van der Waals surface area contributed by atoms with Crippen LogP contribution in [0, 0.1) is 5.92 Å². The van der Waals surface area contributed by atoms with Gasteiger partial charge < -0.3 is 10.6 Å². The molecule has 1 saturated carbocycles. The Bertz CT molecular complexity index is 859. The first-order valence-corrected chi connectivity index (χ1v) is 8.83. The van der Waals surface area contributed by atoms with E-state index < -0.39 is 0 Å². The number of rotatable bonds is 6. The molecule has 1 atom stereocenters. The second-order valence-corrected chi connectivity index (χ2v) is 6.51. The highest BCUT2D eigenvalue weighted by molar-refractivity contribution is 5.74. The molecular formula is C20H21N5O. The van der Waals surface area contributed by atoms with Crippen LogP contribution in [0.3, 0.4) is 0 Å². The molecule has 2 N–H and O–H groups in total. The van der Waals surface area contributed by atoms with E-state index in [-0.39, 0.29) is 12.1 Å². The standard InChI is InChI=1S/C20H21N5O/c26-20(24-18(16-8-9-16)15-5-2-1-3-6-15)23-13-17-7-4-10-22-19(17)25-12-11-21-14-25/h1-7,10-12,14,16,18H,8-9,13H2,(H2,23,24,26)/t18-/m1/s1. The van der Waals surface area contributed by atoms with Gasteiger partial charge in [0.2, 0.25) is 0 Å². The first-order chi connectivity index (χ1) is 12.8. The van der Waals surface area contributed by atoms with Crippen molar-refractivity contribution in [2.45, 2.75) is 25.4 Å². The van der Waals surface area contributed by atoms with E-state index in [2.05, 4.69) is 32.7 Å². The summed E-state index contributed by atoms with van der Waals surface area (Å²) >= 11 is 0. The Morgan fingerprint density at radius 1 is 1.15 bits per heavy atom. The lowest BCUT2D eigenvalue weighted by atomic mass is 10.0. The van der Waals surface area contributed by atoms with Gasteiger partial charge in [-0.15, -0.1) is 0 Å². The second kappa shape index (κ2) is 7.39. The third-order valence-corrected chi connectivity index (χ3v) is 4.59. The number of urea groups is 1. The SMILES string of the molecule is O=C(NCc1cccnc1-n1ccnc1)N[C@H](c1ccccc1)C1CC1. The van der Waals surface area contributed by atoms with Crippen LogP contribution in [-0.4, -0.2) is 20.6 Å². The fourth-order valence-electron chi connectivity index (χ4n) is 3.12. The Morgan fingerprint density at radius 3 is 2.73 bits per heavy atom. The van der Waals surface area contributed by atoms with Crippen LogP contribution >= 0.6 is 0 Å². The molecule has 0 saturated heterocycles. The lowest BCUT2D eigenvalue weighted by Gasteiger charge is -2.19. The molecule has 1 aromatic carbocycles. The van der Waals surface area contributed by atoms with Crippen molar-refractivity contribution < 1.29 is 4.79 Å². The fraction of sp³-hybridized carbons (Fsp3) is 0.250. The molecule has 2 aromatic heterocycles. The number of carbonyl (C=O) groups excluding carboxylic acids is 1. The van der Waals surface area contributed by atoms with Crippen LogP contribution in [0.25, 0.3) is 5.82 Å². The molecule has 1 aliphatic rings. The summed E-state index contributed by atoms with van der Waals surface area (Å²) < 4.78 is 1.84. The van der Waals surface area contributed by atoms with Gasteiger partial charge in [-0.3, -0.25) is 4.57 Å². The van der Waals surface area contributed by atoms with E-state index in [4.69, 9.17) is 0 Å². The molecule has 0 aliphatic heterocycles. The molecule has 0 spiro atoms. The maximum Gasteiger partial charge on any atom is 0.315 e. The van der Waals surface area contributed by atoms with Crippen LogP contribution in [0.15, 0.2) is 67.4 Å². The number of pyridine rings is 1.